The van der Waals surface area contributed by atoms with Crippen molar-refractivity contribution in [2.45, 2.75) is 16.6 Å². The summed E-state index contributed by atoms with van der Waals surface area (Å²) < 4.78 is 48.2. The molecule has 1 N–H and O–H groups in total. The normalized spacial score (nSPS) is 18.6. The van der Waals surface area contributed by atoms with E-state index in [4.69, 9.17) is 5.26 Å². The minimum absolute atomic E-state index is 0.000442. The Kier molecular flexibility index (Phi) is 5.04. The van der Waals surface area contributed by atoms with Gasteiger partial charge in [-0.2, -0.15) is 5.26 Å². The molecule has 2 aromatic carbocycles. The molecular weight excluding hydrogens is 388 g/mol. The molecule has 0 bridgehead atoms. The molecule has 1 heterocycles. The number of nitrogens with one attached hydrogen (secondary N) is 1. The number of amides is 1. The van der Waals surface area contributed by atoms with Gasteiger partial charge in [0.1, 0.15) is 0 Å². The van der Waals surface area contributed by atoms with E-state index in [9.17, 15) is 21.6 Å². The van der Waals surface area contributed by atoms with Crippen molar-refractivity contribution in [3.63, 3.8) is 0 Å². The lowest BCUT2D eigenvalue weighted by Gasteiger charge is -2.11. The van der Waals surface area contributed by atoms with Crippen LogP contribution in [0.5, 0.6) is 0 Å². The molecule has 1 unspecified atom stereocenters. The quantitative estimate of drug-likeness (QED) is 0.829. The highest BCUT2D eigenvalue weighted by Crippen LogP contribution is 2.25. The van der Waals surface area contributed by atoms with Crippen LogP contribution in [-0.2, 0) is 19.7 Å². The fraction of sp³-hybridized carbons (Fsp3) is 0.222. The molecule has 27 heavy (non-hydrogen) atoms. The van der Waals surface area contributed by atoms with Gasteiger partial charge in [0.05, 0.1) is 33.3 Å². The van der Waals surface area contributed by atoms with E-state index in [1.807, 2.05) is 6.07 Å². The van der Waals surface area contributed by atoms with Crippen LogP contribution in [0.15, 0.2) is 53.4 Å². The highest BCUT2D eigenvalue weighted by molar-refractivity contribution is 7.96. The second kappa shape index (κ2) is 7.13. The lowest BCUT2D eigenvalue weighted by atomic mass is 10.2. The van der Waals surface area contributed by atoms with Crippen LogP contribution in [0.25, 0.3) is 0 Å². The van der Waals surface area contributed by atoms with Gasteiger partial charge in [0.15, 0.2) is 19.7 Å². The third-order valence-corrected chi connectivity index (χ3v) is 8.53. The molecule has 1 saturated heterocycles. The zero-order valence-corrected chi connectivity index (χ0v) is 15.8. The molecule has 1 amide bonds. The maximum absolute atomic E-state index is 12.6. The molecule has 7 nitrogen and oxygen atoms in total. The van der Waals surface area contributed by atoms with Gasteiger partial charge in [-0.05, 0) is 55.0 Å². The van der Waals surface area contributed by atoms with Crippen molar-refractivity contribution in [3.8, 4) is 6.07 Å². The average molecular weight is 404 g/mol. The van der Waals surface area contributed by atoms with E-state index in [1.165, 1.54) is 24.3 Å². The second-order valence-electron chi connectivity index (χ2n) is 6.24. The van der Waals surface area contributed by atoms with Crippen molar-refractivity contribution in [1.29, 1.82) is 5.26 Å². The molecule has 140 valence electrons. The number of anilines is 1. The second-order valence-corrected chi connectivity index (χ2v) is 10.7. The molecule has 1 fully saturated rings. The summed E-state index contributed by atoms with van der Waals surface area (Å²) in [5.74, 6) is -0.912. The summed E-state index contributed by atoms with van der Waals surface area (Å²) in [4.78, 5) is 12.3. The third-order valence-electron chi connectivity index (χ3n) is 4.35. The van der Waals surface area contributed by atoms with Gasteiger partial charge in [-0.1, -0.05) is 0 Å². The Balaban J connectivity index is 1.74. The number of carbonyl (C=O) groups excluding carboxylic acids is 1. The van der Waals surface area contributed by atoms with Crippen LogP contribution in [0.2, 0.25) is 0 Å². The number of benzene rings is 2. The van der Waals surface area contributed by atoms with Gasteiger partial charge in [0.25, 0.3) is 5.91 Å². The zero-order valence-electron chi connectivity index (χ0n) is 14.1. The minimum Gasteiger partial charge on any atom is -0.322 e. The standard InChI is InChI=1S/C18H16N2O5S2/c19-11-13-1-5-15(6-2-13)20-18(21)14-3-7-16(8-4-14)27(24,25)17-9-10-26(22,23)12-17/h1-8,17H,9-10,12H2,(H,20,21). The van der Waals surface area contributed by atoms with Crippen LogP contribution < -0.4 is 5.32 Å². The average Bonchev–Trinajstić information content (AvgIpc) is 3.03. The predicted molar refractivity (Wildman–Crippen MR) is 99.8 cm³/mol. The van der Waals surface area contributed by atoms with Crippen molar-refractivity contribution in [2.24, 2.45) is 0 Å². The molecule has 9 heteroatoms. The van der Waals surface area contributed by atoms with Crippen LogP contribution in [0.3, 0.4) is 0 Å². The number of nitrogens with zero attached hydrogens (tertiary/aromatic N) is 1. The van der Waals surface area contributed by atoms with Crippen LogP contribution in [0.1, 0.15) is 22.3 Å². The summed E-state index contributed by atoms with van der Waals surface area (Å²) in [6.07, 6.45) is 0.0889. The molecule has 0 saturated carbocycles. The Morgan fingerprint density at radius 2 is 1.70 bits per heavy atom. The predicted octanol–water partition coefficient (Wildman–Crippen LogP) is 1.77. The number of nitriles is 1. The zero-order chi connectivity index (χ0) is 19.7. The number of hydrogen-bond acceptors (Lipinski definition) is 6. The van der Waals surface area contributed by atoms with Crippen LogP contribution in [0, 0.1) is 11.3 Å². The first-order valence-corrected chi connectivity index (χ1v) is 11.4. The SMILES string of the molecule is N#Cc1ccc(NC(=O)c2ccc(S(=O)(=O)C3CCS(=O)(=O)C3)cc2)cc1. The third kappa shape index (κ3) is 4.18. The van der Waals surface area contributed by atoms with E-state index in [1.54, 1.807) is 24.3 Å². The number of hydrogen-bond donors (Lipinski definition) is 1. The molecule has 0 spiro atoms. The smallest absolute Gasteiger partial charge is 0.255 e. The minimum atomic E-state index is -3.76. The Bertz CT molecular complexity index is 1110. The Hall–Kier alpha value is -2.70. The fourth-order valence-electron chi connectivity index (χ4n) is 2.83. The van der Waals surface area contributed by atoms with E-state index in [2.05, 4.69) is 5.32 Å². The molecule has 3 rings (SSSR count). The summed E-state index contributed by atoms with van der Waals surface area (Å²) in [6.45, 7) is 0. The van der Waals surface area contributed by atoms with Gasteiger partial charge in [-0.3, -0.25) is 4.79 Å². The number of carbonyl (C=O) groups is 1. The molecular formula is C18H16N2O5S2. The molecule has 2 aromatic rings. The van der Waals surface area contributed by atoms with Crippen LogP contribution >= 0.6 is 0 Å². The van der Waals surface area contributed by atoms with Gasteiger partial charge in [-0.15, -0.1) is 0 Å². The van der Waals surface area contributed by atoms with Crippen LogP contribution in [0.4, 0.5) is 5.69 Å². The van der Waals surface area contributed by atoms with Crippen molar-refractivity contribution in [1.82, 2.24) is 0 Å². The maximum Gasteiger partial charge on any atom is 0.255 e. The molecule has 1 atom stereocenters. The summed E-state index contributed by atoms with van der Waals surface area (Å²) >= 11 is 0. The van der Waals surface area contributed by atoms with Gasteiger partial charge < -0.3 is 5.32 Å². The first-order valence-electron chi connectivity index (χ1n) is 8.07. The van der Waals surface area contributed by atoms with E-state index in [0.717, 1.165) is 0 Å². The molecule has 1 aliphatic heterocycles. The number of sulfone groups is 2. The summed E-state index contributed by atoms with van der Waals surface area (Å²) in [5, 5.41) is 10.5. The van der Waals surface area contributed by atoms with Crippen molar-refractivity contribution < 1.29 is 21.6 Å². The largest absolute Gasteiger partial charge is 0.322 e. The van der Waals surface area contributed by atoms with Gasteiger partial charge in [0.2, 0.25) is 0 Å². The monoisotopic (exact) mass is 404 g/mol. The molecule has 1 aliphatic rings. The van der Waals surface area contributed by atoms with E-state index in [0.29, 0.717) is 11.3 Å². The highest BCUT2D eigenvalue weighted by atomic mass is 32.2. The Morgan fingerprint density at radius 3 is 2.22 bits per heavy atom. The van der Waals surface area contributed by atoms with E-state index >= 15 is 0 Å². The maximum atomic E-state index is 12.6. The lowest BCUT2D eigenvalue weighted by molar-refractivity contribution is 0.102. The first kappa shape index (κ1) is 19.1. The summed E-state index contributed by atoms with van der Waals surface area (Å²) in [5.41, 5.74) is 1.24. The highest BCUT2D eigenvalue weighted by Gasteiger charge is 2.37. The molecule has 0 aromatic heterocycles. The summed E-state index contributed by atoms with van der Waals surface area (Å²) in [7, 11) is -7.07. The molecule has 0 radical (unpaired) electrons. The van der Waals surface area contributed by atoms with Gasteiger partial charge >= 0.3 is 0 Å². The van der Waals surface area contributed by atoms with Gasteiger partial charge in [0, 0.05) is 11.3 Å². The van der Waals surface area contributed by atoms with Crippen molar-refractivity contribution >= 4 is 31.3 Å². The summed E-state index contributed by atoms with van der Waals surface area (Å²) in [6, 6.07) is 13.7. The van der Waals surface area contributed by atoms with Crippen LogP contribution in [-0.4, -0.2) is 39.5 Å². The van der Waals surface area contributed by atoms with E-state index < -0.39 is 30.8 Å². The fourth-order valence-corrected chi connectivity index (χ4v) is 7.19. The lowest BCUT2D eigenvalue weighted by Crippen LogP contribution is -2.22. The number of rotatable bonds is 4. The Morgan fingerprint density at radius 1 is 1.07 bits per heavy atom. The van der Waals surface area contributed by atoms with Gasteiger partial charge in [-0.25, -0.2) is 16.8 Å². The first-order chi connectivity index (χ1) is 12.7. The van der Waals surface area contributed by atoms with Crippen molar-refractivity contribution in [2.75, 3.05) is 16.8 Å². The Labute approximate surface area is 157 Å². The molecule has 0 aliphatic carbocycles. The topological polar surface area (TPSA) is 121 Å². The van der Waals surface area contributed by atoms with E-state index in [-0.39, 0.29) is 28.4 Å². The van der Waals surface area contributed by atoms with Crippen molar-refractivity contribution in [3.05, 3.63) is 59.7 Å².